The number of carbonyl (C=O) groups excluding carboxylic acids is 1. The highest BCUT2D eigenvalue weighted by Crippen LogP contribution is 2.34. The summed E-state index contributed by atoms with van der Waals surface area (Å²) in [5.74, 6) is -0.672. The van der Waals surface area contributed by atoms with Gasteiger partial charge in [-0.2, -0.15) is 24.5 Å². The molecule has 1 aromatic rings. The number of methoxy groups -OCH3 is 1. The molecule has 7 heteroatoms. The first-order valence-corrected chi connectivity index (χ1v) is 6.71. The fourth-order valence-corrected chi connectivity index (χ4v) is 3.05. The second kappa shape index (κ2) is 6.30. The van der Waals surface area contributed by atoms with E-state index in [-0.39, 0.29) is 5.75 Å². The van der Waals surface area contributed by atoms with Crippen molar-refractivity contribution in [2.24, 2.45) is 0 Å². The van der Waals surface area contributed by atoms with Gasteiger partial charge in [-0.05, 0) is 22.4 Å². The van der Waals surface area contributed by atoms with E-state index in [1.165, 1.54) is 18.4 Å². The molecular formula is C10H11F3O2S2. The molecule has 1 atom stereocenters. The van der Waals surface area contributed by atoms with Crippen LogP contribution in [0, 0.1) is 0 Å². The summed E-state index contributed by atoms with van der Waals surface area (Å²) in [5, 5.41) is 2.84. The van der Waals surface area contributed by atoms with Gasteiger partial charge in [0.1, 0.15) is 5.25 Å². The highest BCUT2D eigenvalue weighted by atomic mass is 32.2. The molecule has 0 aliphatic heterocycles. The summed E-state index contributed by atoms with van der Waals surface area (Å²) in [7, 11) is 1.23. The quantitative estimate of drug-likeness (QED) is 0.772. The van der Waals surface area contributed by atoms with E-state index in [1.54, 1.807) is 16.8 Å². The van der Waals surface area contributed by atoms with Crippen LogP contribution in [0.1, 0.15) is 17.2 Å². The lowest BCUT2D eigenvalue weighted by atomic mass is 10.2. The van der Waals surface area contributed by atoms with E-state index < -0.39 is 23.8 Å². The standard InChI is InChI=1S/C10H11F3O2S2/c1-15-9(14)8(7-2-4-16-6-7)17-5-3-10(11,12)13/h2,4,6,8H,3,5H2,1H3. The van der Waals surface area contributed by atoms with Crippen LogP contribution in [0.3, 0.4) is 0 Å². The van der Waals surface area contributed by atoms with Crippen LogP contribution in [0.2, 0.25) is 0 Å². The van der Waals surface area contributed by atoms with E-state index in [0.29, 0.717) is 5.56 Å². The summed E-state index contributed by atoms with van der Waals surface area (Å²) in [5.41, 5.74) is 0.689. The molecule has 0 saturated carbocycles. The highest BCUT2D eigenvalue weighted by Gasteiger charge is 2.29. The fraction of sp³-hybridized carbons (Fsp3) is 0.500. The van der Waals surface area contributed by atoms with Crippen molar-refractivity contribution in [3.05, 3.63) is 22.4 Å². The number of hydrogen-bond donors (Lipinski definition) is 0. The number of esters is 1. The van der Waals surface area contributed by atoms with Crippen LogP contribution in [0.25, 0.3) is 0 Å². The molecule has 17 heavy (non-hydrogen) atoms. The van der Waals surface area contributed by atoms with Crippen molar-refractivity contribution in [3.8, 4) is 0 Å². The molecule has 0 N–H and O–H groups in total. The summed E-state index contributed by atoms with van der Waals surface area (Å²) in [6.45, 7) is 0. The second-order valence-electron chi connectivity index (χ2n) is 3.20. The van der Waals surface area contributed by atoms with Crippen molar-refractivity contribution in [3.63, 3.8) is 0 Å². The first-order chi connectivity index (χ1) is 7.94. The first kappa shape index (κ1) is 14.4. The van der Waals surface area contributed by atoms with Gasteiger partial charge in [-0.3, -0.25) is 4.79 Å². The van der Waals surface area contributed by atoms with E-state index in [0.717, 1.165) is 11.8 Å². The molecule has 0 aliphatic carbocycles. The van der Waals surface area contributed by atoms with Crippen molar-refractivity contribution in [2.45, 2.75) is 17.8 Å². The molecule has 96 valence electrons. The van der Waals surface area contributed by atoms with E-state index >= 15 is 0 Å². The molecule has 1 unspecified atom stereocenters. The minimum absolute atomic E-state index is 0.154. The molecule has 0 aliphatic rings. The van der Waals surface area contributed by atoms with Crippen LogP contribution in [0.15, 0.2) is 16.8 Å². The van der Waals surface area contributed by atoms with E-state index in [2.05, 4.69) is 4.74 Å². The van der Waals surface area contributed by atoms with Gasteiger partial charge in [0.25, 0.3) is 0 Å². The maximum atomic E-state index is 12.0. The molecule has 0 saturated heterocycles. The number of thiophene rings is 1. The summed E-state index contributed by atoms with van der Waals surface area (Å²) >= 11 is 2.34. The Kier molecular flexibility index (Phi) is 5.32. The van der Waals surface area contributed by atoms with E-state index in [9.17, 15) is 18.0 Å². The van der Waals surface area contributed by atoms with Gasteiger partial charge in [-0.25, -0.2) is 0 Å². The fourth-order valence-electron chi connectivity index (χ4n) is 1.12. The van der Waals surface area contributed by atoms with Gasteiger partial charge >= 0.3 is 12.1 Å². The molecule has 1 rings (SSSR count). The Morgan fingerprint density at radius 3 is 2.76 bits per heavy atom. The molecule has 0 spiro atoms. The van der Waals surface area contributed by atoms with Gasteiger partial charge in [0.15, 0.2) is 0 Å². The zero-order valence-corrected chi connectivity index (χ0v) is 10.6. The van der Waals surface area contributed by atoms with Crippen LogP contribution in [0.5, 0.6) is 0 Å². The van der Waals surface area contributed by atoms with Crippen molar-refractivity contribution >= 4 is 29.1 Å². The molecule has 1 aromatic heterocycles. The number of alkyl halides is 3. The Morgan fingerprint density at radius 2 is 2.29 bits per heavy atom. The van der Waals surface area contributed by atoms with Gasteiger partial charge in [0, 0.05) is 5.75 Å². The number of hydrogen-bond acceptors (Lipinski definition) is 4. The minimum atomic E-state index is -4.19. The van der Waals surface area contributed by atoms with Gasteiger partial charge < -0.3 is 4.74 Å². The zero-order chi connectivity index (χ0) is 12.9. The number of halogens is 3. The Bertz CT molecular complexity index is 349. The lowest BCUT2D eigenvalue weighted by Gasteiger charge is -2.13. The molecule has 0 amide bonds. The van der Waals surface area contributed by atoms with Crippen molar-refractivity contribution in [1.82, 2.24) is 0 Å². The van der Waals surface area contributed by atoms with Gasteiger partial charge in [-0.15, -0.1) is 11.8 Å². The van der Waals surface area contributed by atoms with Gasteiger partial charge in [0.2, 0.25) is 0 Å². The largest absolute Gasteiger partial charge is 0.468 e. The summed E-state index contributed by atoms with van der Waals surface area (Å²) < 4.78 is 40.6. The minimum Gasteiger partial charge on any atom is -0.468 e. The lowest BCUT2D eigenvalue weighted by Crippen LogP contribution is -2.13. The Labute approximate surface area is 105 Å². The second-order valence-corrected chi connectivity index (χ2v) is 5.19. The van der Waals surface area contributed by atoms with E-state index in [4.69, 9.17) is 0 Å². The number of carbonyl (C=O) groups is 1. The molecule has 0 bridgehead atoms. The summed E-state index contributed by atoms with van der Waals surface area (Å²) in [6.07, 6.45) is -5.10. The average Bonchev–Trinajstić information content (AvgIpc) is 2.75. The predicted octanol–water partition coefficient (Wildman–Crippen LogP) is 3.65. The van der Waals surface area contributed by atoms with Crippen molar-refractivity contribution < 1.29 is 22.7 Å². The maximum Gasteiger partial charge on any atom is 0.389 e. The first-order valence-electron chi connectivity index (χ1n) is 4.72. The molecule has 2 nitrogen and oxygen atoms in total. The van der Waals surface area contributed by atoms with Crippen LogP contribution in [-0.4, -0.2) is 25.0 Å². The Balaban J connectivity index is 2.57. The molecular weight excluding hydrogens is 273 g/mol. The molecule has 1 heterocycles. The molecule has 0 radical (unpaired) electrons. The third-order valence-electron chi connectivity index (χ3n) is 1.93. The van der Waals surface area contributed by atoms with Crippen LogP contribution in [-0.2, 0) is 9.53 Å². The smallest absolute Gasteiger partial charge is 0.389 e. The Hall–Kier alpha value is -0.690. The van der Waals surface area contributed by atoms with Crippen LogP contribution >= 0.6 is 23.1 Å². The van der Waals surface area contributed by atoms with Crippen LogP contribution < -0.4 is 0 Å². The number of thioether (sulfide) groups is 1. The third-order valence-corrected chi connectivity index (χ3v) is 3.87. The molecule has 0 fully saturated rings. The monoisotopic (exact) mass is 284 g/mol. The third kappa shape index (κ3) is 4.99. The molecule has 0 aromatic carbocycles. The van der Waals surface area contributed by atoms with E-state index in [1.807, 2.05) is 0 Å². The van der Waals surface area contributed by atoms with Crippen molar-refractivity contribution in [2.75, 3.05) is 12.9 Å². The van der Waals surface area contributed by atoms with Gasteiger partial charge in [-0.1, -0.05) is 0 Å². The van der Waals surface area contributed by atoms with Gasteiger partial charge in [0.05, 0.1) is 13.5 Å². The SMILES string of the molecule is COC(=O)C(SCCC(F)(F)F)c1ccsc1. The van der Waals surface area contributed by atoms with Crippen LogP contribution in [0.4, 0.5) is 13.2 Å². The normalized spacial score (nSPS) is 13.4. The topological polar surface area (TPSA) is 26.3 Å². The summed E-state index contributed by atoms with van der Waals surface area (Å²) in [6, 6.07) is 1.72. The zero-order valence-electron chi connectivity index (χ0n) is 8.99. The number of ether oxygens (including phenoxy) is 1. The predicted molar refractivity (Wildman–Crippen MR) is 62.2 cm³/mol. The number of rotatable bonds is 5. The maximum absolute atomic E-state index is 12.0. The summed E-state index contributed by atoms with van der Waals surface area (Å²) in [4.78, 5) is 11.4. The van der Waals surface area contributed by atoms with Crippen molar-refractivity contribution in [1.29, 1.82) is 0 Å². The highest BCUT2D eigenvalue weighted by molar-refractivity contribution is 8.00. The Morgan fingerprint density at radius 1 is 1.59 bits per heavy atom. The average molecular weight is 284 g/mol. The lowest BCUT2D eigenvalue weighted by molar-refractivity contribution is -0.140.